The molecule has 0 radical (unpaired) electrons. The van der Waals surface area contributed by atoms with Gasteiger partial charge in [0.1, 0.15) is 5.82 Å². The van der Waals surface area contributed by atoms with Gasteiger partial charge in [0.15, 0.2) is 0 Å². The fraction of sp³-hybridized carbons (Fsp3) is 0.556. The summed E-state index contributed by atoms with van der Waals surface area (Å²) in [5, 5.41) is 0.162. The maximum absolute atomic E-state index is 12.5. The number of likely N-dealkylation sites (tertiary alicyclic amines) is 1. The van der Waals surface area contributed by atoms with Crippen LogP contribution < -0.4 is 5.73 Å². The fourth-order valence-corrected chi connectivity index (χ4v) is 4.04. The van der Waals surface area contributed by atoms with E-state index in [1.54, 1.807) is 11.8 Å². The van der Waals surface area contributed by atoms with E-state index in [2.05, 4.69) is 16.9 Å². The van der Waals surface area contributed by atoms with Crippen molar-refractivity contribution in [1.29, 1.82) is 0 Å². The van der Waals surface area contributed by atoms with E-state index in [1.165, 1.54) is 0 Å². The third-order valence-electron chi connectivity index (χ3n) is 4.80. The van der Waals surface area contributed by atoms with Crippen LogP contribution in [-0.4, -0.2) is 45.7 Å². The number of para-hydroxylation sites is 2. The summed E-state index contributed by atoms with van der Waals surface area (Å²) in [5.41, 5.74) is 8.03. The first-order valence-electron chi connectivity index (χ1n) is 8.64. The van der Waals surface area contributed by atoms with Gasteiger partial charge in [-0.15, -0.1) is 24.2 Å². The van der Waals surface area contributed by atoms with Crippen LogP contribution in [0.5, 0.6) is 0 Å². The molecule has 1 amide bonds. The van der Waals surface area contributed by atoms with Crippen LogP contribution in [0.4, 0.5) is 0 Å². The van der Waals surface area contributed by atoms with E-state index in [4.69, 9.17) is 5.73 Å². The molecule has 1 aromatic heterocycles. The summed E-state index contributed by atoms with van der Waals surface area (Å²) in [6.45, 7) is 5.80. The lowest BCUT2D eigenvalue weighted by molar-refractivity contribution is -0.130. The van der Waals surface area contributed by atoms with Gasteiger partial charge in [0.25, 0.3) is 0 Å². The van der Waals surface area contributed by atoms with E-state index in [0.29, 0.717) is 11.7 Å². The molecule has 1 saturated heterocycles. The first-order chi connectivity index (χ1) is 11.5. The Morgan fingerprint density at radius 2 is 2.20 bits per heavy atom. The van der Waals surface area contributed by atoms with Gasteiger partial charge < -0.3 is 15.6 Å². The Labute approximate surface area is 159 Å². The van der Waals surface area contributed by atoms with Crippen molar-refractivity contribution in [3.8, 4) is 0 Å². The number of imidazole rings is 1. The summed E-state index contributed by atoms with van der Waals surface area (Å²) in [4.78, 5) is 22.5. The summed E-state index contributed by atoms with van der Waals surface area (Å²) in [6.07, 6.45) is 2.19. The maximum atomic E-state index is 12.5. The van der Waals surface area contributed by atoms with Gasteiger partial charge in [-0.3, -0.25) is 4.79 Å². The second kappa shape index (κ2) is 8.92. The maximum Gasteiger partial charge on any atom is 0.232 e. The second-order valence-corrected chi connectivity index (χ2v) is 8.02. The molecule has 1 fully saturated rings. The number of nitrogens with zero attached hydrogens (tertiary/aromatic N) is 2. The number of nitrogens with two attached hydrogens (primary N) is 1. The van der Waals surface area contributed by atoms with Crippen molar-refractivity contribution in [3.05, 3.63) is 30.1 Å². The number of hydrogen-bond donors (Lipinski definition) is 2. The molecule has 5 nitrogen and oxygen atoms in total. The molecule has 3 N–H and O–H groups in total. The normalized spacial score (nSPS) is 20.1. The molecule has 3 rings (SSSR count). The number of carbonyl (C=O) groups excluding carboxylic acids is 1. The summed E-state index contributed by atoms with van der Waals surface area (Å²) < 4.78 is 0. The third kappa shape index (κ3) is 4.90. The number of aromatic amines is 1. The minimum absolute atomic E-state index is 0. The van der Waals surface area contributed by atoms with Gasteiger partial charge in [-0.25, -0.2) is 4.98 Å². The van der Waals surface area contributed by atoms with Crippen molar-refractivity contribution in [3.63, 3.8) is 0 Å². The van der Waals surface area contributed by atoms with Crippen molar-refractivity contribution in [2.75, 3.05) is 18.8 Å². The van der Waals surface area contributed by atoms with E-state index >= 15 is 0 Å². The van der Waals surface area contributed by atoms with Crippen molar-refractivity contribution in [1.82, 2.24) is 14.9 Å². The molecule has 2 aromatic rings. The Bertz CT molecular complexity index is 672. The standard InChI is InChI=1S/C18H26N4OS.ClH/c1-12(19)14-6-5-9-22(10-14)17(23)11-24-13(2)18-20-15-7-3-4-8-16(15)21-18;/h3-4,7-8,12-14H,5-6,9-11,19H2,1-2H3,(H,20,21);1H. The van der Waals surface area contributed by atoms with E-state index in [9.17, 15) is 4.79 Å². The average molecular weight is 383 g/mol. The molecule has 0 spiro atoms. The number of H-pyrrole nitrogens is 1. The van der Waals surface area contributed by atoms with Gasteiger partial charge in [0.05, 0.1) is 22.0 Å². The van der Waals surface area contributed by atoms with Crippen LogP contribution in [0, 0.1) is 5.92 Å². The monoisotopic (exact) mass is 382 g/mol. The number of hydrogen-bond acceptors (Lipinski definition) is 4. The topological polar surface area (TPSA) is 75.0 Å². The molecular weight excluding hydrogens is 356 g/mol. The zero-order chi connectivity index (χ0) is 17.1. The van der Waals surface area contributed by atoms with E-state index in [1.807, 2.05) is 36.1 Å². The SMILES string of the molecule is CC(SCC(=O)N1CCCC(C(C)N)C1)c1nc2ccccc2[nH]1.Cl. The van der Waals surface area contributed by atoms with Gasteiger partial charge >= 0.3 is 0 Å². The van der Waals surface area contributed by atoms with Gasteiger partial charge in [-0.1, -0.05) is 12.1 Å². The Balaban J connectivity index is 0.00000225. The highest BCUT2D eigenvalue weighted by Gasteiger charge is 2.26. The zero-order valence-corrected chi connectivity index (χ0v) is 16.4. The van der Waals surface area contributed by atoms with E-state index in [0.717, 1.165) is 42.8 Å². The lowest BCUT2D eigenvalue weighted by Gasteiger charge is -2.34. The minimum atomic E-state index is 0. The molecule has 0 saturated carbocycles. The highest BCUT2D eigenvalue weighted by atomic mass is 35.5. The number of benzene rings is 1. The Morgan fingerprint density at radius 3 is 2.92 bits per heavy atom. The molecule has 3 unspecified atom stereocenters. The largest absolute Gasteiger partial charge is 0.342 e. The number of piperidine rings is 1. The molecule has 0 aliphatic carbocycles. The molecule has 1 aliphatic rings. The highest BCUT2D eigenvalue weighted by Crippen LogP contribution is 2.28. The Morgan fingerprint density at radius 1 is 1.44 bits per heavy atom. The van der Waals surface area contributed by atoms with Gasteiger partial charge in [-0.05, 0) is 44.7 Å². The van der Waals surface area contributed by atoms with Crippen molar-refractivity contribution >= 4 is 41.1 Å². The molecule has 7 heteroatoms. The predicted octanol–water partition coefficient (Wildman–Crippen LogP) is 3.36. The smallest absolute Gasteiger partial charge is 0.232 e. The van der Waals surface area contributed by atoms with Crippen LogP contribution in [0.1, 0.15) is 37.8 Å². The quantitative estimate of drug-likeness (QED) is 0.831. The predicted molar refractivity (Wildman–Crippen MR) is 107 cm³/mol. The average Bonchev–Trinajstić information content (AvgIpc) is 3.03. The van der Waals surface area contributed by atoms with Crippen LogP contribution in [0.25, 0.3) is 11.0 Å². The second-order valence-electron chi connectivity index (χ2n) is 6.69. The number of carbonyl (C=O) groups is 1. The first kappa shape index (κ1) is 20.1. The molecule has 25 heavy (non-hydrogen) atoms. The van der Waals surface area contributed by atoms with Gasteiger partial charge in [-0.2, -0.15) is 0 Å². The molecule has 3 atom stereocenters. The summed E-state index contributed by atoms with van der Waals surface area (Å²) in [5.74, 6) is 2.07. The summed E-state index contributed by atoms with van der Waals surface area (Å²) in [7, 11) is 0. The summed E-state index contributed by atoms with van der Waals surface area (Å²) >= 11 is 1.64. The number of thioether (sulfide) groups is 1. The number of aromatic nitrogens is 2. The molecular formula is C18H27ClN4OS. The molecule has 1 aliphatic heterocycles. The number of rotatable bonds is 5. The van der Waals surface area contributed by atoms with Crippen molar-refractivity contribution in [2.24, 2.45) is 11.7 Å². The van der Waals surface area contributed by atoms with Crippen molar-refractivity contribution < 1.29 is 4.79 Å². The lowest BCUT2D eigenvalue weighted by atomic mass is 9.92. The van der Waals surface area contributed by atoms with E-state index in [-0.39, 0.29) is 29.6 Å². The fourth-order valence-electron chi connectivity index (χ4n) is 3.20. The number of fused-ring (bicyclic) bond motifs is 1. The van der Waals surface area contributed by atoms with Crippen LogP contribution in [0.2, 0.25) is 0 Å². The first-order valence-corrected chi connectivity index (χ1v) is 9.69. The Kier molecular flexibility index (Phi) is 7.16. The zero-order valence-electron chi connectivity index (χ0n) is 14.8. The van der Waals surface area contributed by atoms with Crippen LogP contribution in [-0.2, 0) is 4.79 Å². The van der Waals surface area contributed by atoms with Crippen LogP contribution >= 0.6 is 24.2 Å². The molecule has 138 valence electrons. The lowest BCUT2D eigenvalue weighted by Crippen LogP contribution is -2.45. The highest BCUT2D eigenvalue weighted by molar-refractivity contribution is 8.00. The van der Waals surface area contributed by atoms with Gasteiger partial charge in [0, 0.05) is 19.1 Å². The summed E-state index contributed by atoms with van der Waals surface area (Å²) in [6, 6.07) is 8.16. The van der Waals surface area contributed by atoms with E-state index < -0.39 is 0 Å². The molecule has 2 heterocycles. The number of halogens is 1. The minimum Gasteiger partial charge on any atom is -0.342 e. The number of nitrogens with one attached hydrogen (secondary N) is 1. The van der Waals surface area contributed by atoms with Gasteiger partial charge in [0.2, 0.25) is 5.91 Å². The third-order valence-corrected chi connectivity index (χ3v) is 5.94. The van der Waals surface area contributed by atoms with Crippen LogP contribution in [0.15, 0.2) is 24.3 Å². The number of amides is 1. The molecule has 1 aromatic carbocycles. The van der Waals surface area contributed by atoms with Crippen LogP contribution in [0.3, 0.4) is 0 Å². The molecule has 0 bridgehead atoms. The van der Waals surface area contributed by atoms with Crippen molar-refractivity contribution in [2.45, 2.75) is 38.0 Å². The Hall–Kier alpha value is -1.24.